The number of ether oxygens (including phenoxy) is 3. The van der Waals surface area contributed by atoms with Crippen LogP contribution in [0.1, 0.15) is 85.9 Å². The number of carboxylic acids is 1. The summed E-state index contributed by atoms with van der Waals surface area (Å²) in [6, 6.07) is 8.72. The van der Waals surface area contributed by atoms with Crippen LogP contribution in [0.4, 0.5) is 5.13 Å². The van der Waals surface area contributed by atoms with Crippen LogP contribution >= 0.6 is 34.5 Å². The Morgan fingerprint density at radius 3 is 2.33 bits per heavy atom. The van der Waals surface area contributed by atoms with E-state index in [0.29, 0.717) is 16.6 Å². The Hall–Kier alpha value is -3.11. The molecule has 2 N–H and O–H groups in total. The molecule has 0 radical (unpaired) electrons. The lowest BCUT2D eigenvalue weighted by molar-refractivity contribution is -0.135. The highest BCUT2D eigenvalue weighted by atomic mass is 35.5. The monoisotopic (exact) mass is 648 g/mol. The van der Waals surface area contributed by atoms with Gasteiger partial charge in [-0.1, -0.05) is 87.2 Å². The Kier molecular flexibility index (Phi) is 13.8. The number of aliphatic carboxylic acids is 1. The minimum Gasteiger partial charge on any atom is -0.496 e. The van der Waals surface area contributed by atoms with Gasteiger partial charge < -0.3 is 19.3 Å². The van der Waals surface area contributed by atoms with Crippen LogP contribution in [0, 0.1) is 0 Å². The van der Waals surface area contributed by atoms with Gasteiger partial charge in [-0.05, 0) is 30.7 Å². The number of anilines is 1. The SMILES string of the molecule is CCCCCCCCCC(OC)c1cccc(-c2csc(NC(=O)c3cc(Cl)c(/C=C(\OC)C(=O)O)c(Cl)c3)n2)c1OC. The Morgan fingerprint density at radius 1 is 1.05 bits per heavy atom. The van der Waals surface area contributed by atoms with E-state index < -0.39 is 11.9 Å². The van der Waals surface area contributed by atoms with Crippen molar-refractivity contribution in [3.8, 4) is 17.0 Å². The highest BCUT2D eigenvalue weighted by Crippen LogP contribution is 2.40. The predicted molar refractivity (Wildman–Crippen MR) is 173 cm³/mol. The standard InChI is InChI=1S/C32H38Cl2N2O6S/c1-5-6-7-8-9-10-11-15-27(40-2)22-14-12-13-21(29(22)42-4)26-19-43-32(35-26)36-30(37)20-16-24(33)23(25(34)17-20)18-28(41-3)31(38)39/h12-14,16-19,27H,5-11,15H2,1-4H3,(H,38,39)(H,35,36,37)/b28-18-. The molecule has 11 heteroatoms. The zero-order valence-corrected chi connectivity index (χ0v) is 27.2. The molecule has 8 nitrogen and oxygen atoms in total. The summed E-state index contributed by atoms with van der Waals surface area (Å²) in [6.07, 6.45) is 10.6. The molecule has 43 heavy (non-hydrogen) atoms. The maximum absolute atomic E-state index is 13.0. The number of methoxy groups -OCH3 is 3. The number of rotatable bonds is 17. The van der Waals surface area contributed by atoms with Gasteiger partial charge in [0, 0.05) is 34.7 Å². The van der Waals surface area contributed by atoms with Crippen LogP contribution in [0.25, 0.3) is 17.3 Å². The number of nitrogens with zero attached hydrogens (tertiary/aromatic N) is 1. The lowest BCUT2D eigenvalue weighted by Gasteiger charge is -2.20. The number of benzene rings is 2. The van der Waals surface area contributed by atoms with E-state index in [2.05, 4.69) is 17.2 Å². The molecule has 0 saturated heterocycles. The third-order valence-corrected chi connectivity index (χ3v) is 8.38. The Balaban J connectivity index is 1.74. The number of carboxylic acid groups (broad SMARTS) is 1. The van der Waals surface area contributed by atoms with Crippen molar-refractivity contribution in [3.63, 3.8) is 0 Å². The number of para-hydroxylation sites is 1. The van der Waals surface area contributed by atoms with Crippen LogP contribution in [-0.4, -0.2) is 43.3 Å². The Morgan fingerprint density at radius 2 is 1.72 bits per heavy atom. The zero-order chi connectivity index (χ0) is 31.4. The number of unbranched alkanes of at least 4 members (excludes halogenated alkanes) is 6. The number of hydrogen-bond donors (Lipinski definition) is 2. The van der Waals surface area contributed by atoms with Crippen LogP contribution < -0.4 is 10.1 Å². The van der Waals surface area contributed by atoms with E-state index in [1.54, 1.807) is 14.2 Å². The highest BCUT2D eigenvalue weighted by molar-refractivity contribution is 7.14. The van der Waals surface area contributed by atoms with Gasteiger partial charge in [0.1, 0.15) is 5.75 Å². The van der Waals surface area contributed by atoms with E-state index in [1.807, 2.05) is 23.6 Å². The molecule has 1 aromatic heterocycles. The van der Waals surface area contributed by atoms with Crippen LogP contribution in [0.3, 0.4) is 0 Å². The van der Waals surface area contributed by atoms with Gasteiger partial charge in [-0.15, -0.1) is 11.3 Å². The van der Waals surface area contributed by atoms with Gasteiger partial charge in [-0.2, -0.15) is 0 Å². The van der Waals surface area contributed by atoms with E-state index in [-0.39, 0.29) is 33.0 Å². The van der Waals surface area contributed by atoms with Crippen molar-refractivity contribution in [1.29, 1.82) is 0 Å². The summed E-state index contributed by atoms with van der Waals surface area (Å²) in [5.74, 6) is -1.39. The molecule has 3 aromatic rings. The van der Waals surface area contributed by atoms with Gasteiger partial charge in [0.05, 0.1) is 36.1 Å². The largest absolute Gasteiger partial charge is 0.496 e. The summed E-state index contributed by atoms with van der Waals surface area (Å²) in [4.78, 5) is 28.9. The number of amides is 1. The quantitative estimate of drug-likeness (QED) is 0.0853. The van der Waals surface area contributed by atoms with Crippen molar-refractivity contribution in [2.24, 2.45) is 0 Å². The van der Waals surface area contributed by atoms with Crippen molar-refractivity contribution >= 4 is 57.6 Å². The van der Waals surface area contributed by atoms with E-state index >= 15 is 0 Å². The number of carbonyl (C=O) groups is 2. The number of halogens is 2. The smallest absolute Gasteiger partial charge is 0.371 e. The molecule has 1 atom stereocenters. The van der Waals surface area contributed by atoms with Gasteiger partial charge in [0.25, 0.3) is 5.91 Å². The number of carbonyl (C=O) groups excluding carboxylic acids is 1. The van der Waals surface area contributed by atoms with Crippen molar-refractivity contribution in [3.05, 3.63) is 68.2 Å². The summed E-state index contributed by atoms with van der Waals surface area (Å²) in [6.45, 7) is 2.23. The number of thiazole rings is 1. The molecule has 1 heterocycles. The van der Waals surface area contributed by atoms with Gasteiger partial charge in [0.15, 0.2) is 5.13 Å². The number of nitrogens with one attached hydrogen (secondary N) is 1. The second kappa shape index (κ2) is 17.3. The van der Waals surface area contributed by atoms with Crippen LogP contribution in [0.2, 0.25) is 10.0 Å². The molecule has 0 saturated carbocycles. The van der Waals surface area contributed by atoms with Crippen LogP contribution in [0.5, 0.6) is 5.75 Å². The fourth-order valence-corrected chi connectivity index (χ4v) is 6.04. The maximum Gasteiger partial charge on any atom is 0.371 e. The minimum atomic E-state index is -1.27. The molecule has 0 fully saturated rings. The molecule has 2 aromatic carbocycles. The third kappa shape index (κ3) is 9.44. The first-order valence-corrected chi connectivity index (χ1v) is 15.8. The molecule has 232 valence electrons. The molecule has 0 aliphatic heterocycles. The molecule has 1 unspecified atom stereocenters. The molecule has 3 rings (SSSR count). The second-order valence-electron chi connectivity index (χ2n) is 9.93. The van der Waals surface area contributed by atoms with E-state index in [9.17, 15) is 14.7 Å². The van der Waals surface area contributed by atoms with E-state index in [4.69, 9.17) is 37.4 Å². The third-order valence-electron chi connectivity index (χ3n) is 7.00. The summed E-state index contributed by atoms with van der Waals surface area (Å²) in [5, 5.41) is 14.4. The van der Waals surface area contributed by atoms with Crippen molar-refractivity contribution in [2.75, 3.05) is 26.6 Å². The molecular weight excluding hydrogens is 611 g/mol. The number of aromatic nitrogens is 1. The summed E-state index contributed by atoms with van der Waals surface area (Å²) < 4.78 is 16.6. The first-order chi connectivity index (χ1) is 20.7. The predicted octanol–water partition coefficient (Wildman–Crippen LogP) is 9.28. The van der Waals surface area contributed by atoms with Gasteiger partial charge in [-0.3, -0.25) is 10.1 Å². The molecule has 0 bridgehead atoms. The van der Waals surface area contributed by atoms with Crippen molar-refractivity contribution < 1.29 is 28.9 Å². The maximum atomic E-state index is 13.0. The molecule has 1 amide bonds. The fourth-order valence-electron chi connectivity index (χ4n) is 4.74. The van der Waals surface area contributed by atoms with Crippen LogP contribution in [-0.2, 0) is 14.3 Å². The summed E-state index contributed by atoms with van der Waals surface area (Å²) in [5.41, 5.74) is 2.83. The summed E-state index contributed by atoms with van der Waals surface area (Å²) in [7, 11) is 4.58. The highest BCUT2D eigenvalue weighted by Gasteiger charge is 2.21. The average molecular weight is 650 g/mol. The minimum absolute atomic E-state index is 0.0963. The number of hydrogen-bond acceptors (Lipinski definition) is 7. The Bertz CT molecular complexity index is 1400. The normalized spacial score (nSPS) is 12.2. The second-order valence-corrected chi connectivity index (χ2v) is 11.6. The lowest BCUT2D eigenvalue weighted by atomic mass is 9.98. The Labute approximate surface area is 267 Å². The van der Waals surface area contributed by atoms with Crippen molar-refractivity contribution in [2.45, 2.75) is 64.4 Å². The summed E-state index contributed by atoms with van der Waals surface area (Å²) >= 11 is 13.9. The molecule has 0 spiro atoms. The topological polar surface area (TPSA) is 107 Å². The zero-order valence-electron chi connectivity index (χ0n) is 24.9. The van der Waals surface area contributed by atoms with Gasteiger partial charge >= 0.3 is 5.97 Å². The molecular formula is C32H38Cl2N2O6S. The average Bonchev–Trinajstić information content (AvgIpc) is 3.45. The molecule has 0 aliphatic carbocycles. The van der Waals surface area contributed by atoms with Crippen molar-refractivity contribution in [1.82, 2.24) is 4.98 Å². The lowest BCUT2D eigenvalue weighted by Crippen LogP contribution is -2.12. The van der Waals surface area contributed by atoms with Gasteiger partial charge in [0.2, 0.25) is 5.76 Å². The first-order valence-electron chi connectivity index (χ1n) is 14.2. The fraction of sp³-hybridized carbons (Fsp3) is 0.406. The van der Waals surface area contributed by atoms with Crippen LogP contribution in [0.15, 0.2) is 41.5 Å². The van der Waals surface area contributed by atoms with E-state index in [0.717, 1.165) is 24.0 Å². The molecule has 0 aliphatic rings. The van der Waals surface area contributed by atoms with E-state index in [1.165, 1.54) is 75.2 Å². The first kappa shape index (κ1) is 34.4. The van der Waals surface area contributed by atoms with Gasteiger partial charge in [-0.25, -0.2) is 9.78 Å².